The second kappa shape index (κ2) is 5.48. The molecule has 0 radical (unpaired) electrons. The van der Waals surface area contributed by atoms with E-state index in [4.69, 9.17) is 5.11 Å². The minimum absolute atomic E-state index is 0.00902. The Bertz CT molecular complexity index is 408. The molecule has 0 aliphatic carbocycles. The van der Waals surface area contributed by atoms with Crippen LogP contribution in [0.4, 0.5) is 0 Å². The van der Waals surface area contributed by atoms with Gasteiger partial charge in [-0.15, -0.1) is 5.10 Å². The quantitative estimate of drug-likeness (QED) is 0.873. The molecule has 1 saturated heterocycles. The van der Waals surface area contributed by atoms with Gasteiger partial charge in [0, 0.05) is 18.6 Å². The number of hydrogen-bond acceptors (Lipinski definition) is 4. The zero-order valence-electron chi connectivity index (χ0n) is 10.9. The summed E-state index contributed by atoms with van der Waals surface area (Å²) < 4.78 is 1.61. The average Bonchev–Trinajstić information content (AvgIpc) is 2.77. The van der Waals surface area contributed by atoms with Crippen LogP contribution < -0.4 is 0 Å². The Labute approximate surface area is 107 Å². The summed E-state index contributed by atoms with van der Waals surface area (Å²) in [5, 5.41) is 16.2. The first-order chi connectivity index (χ1) is 8.58. The summed E-state index contributed by atoms with van der Waals surface area (Å²) >= 11 is 0. The predicted molar refractivity (Wildman–Crippen MR) is 66.5 cm³/mol. The molecule has 2 heterocycles. The van der Waals surface area contributed by atoms with Gasteiger partial charge in [0.1, 0.15) is 0 Å². The van der Waals surface area contributed by atoms with Gasteiger partial charge in [-0.3, -0.25) is 9.58 Å². The number of carboxylic acids is 1. The van der Waals surface area contributed by atoms with Gasteiger partial charge < -0.3 is 5.11 Å². The third-order valence-electron chi connectivity index (χ3n) is 3.72. The third-order valence-corrected chi connectivity index (χ3v) is 3.72. The van der Waals surface area contributed by atoms with Gasteiger partial charge in [0.05, 0.1) is 12.7 Å². The minimum Gasteiger partial charge on any atom is -0.476 e. The van der Waals surface area contributed by atoms with Crippen LogP contribution >= 0.6 is 0 Å². The largest absolute Gasteiger partial charge is 0.476 e. The number of carboxylic acid groups (broad SMARTS) is 1. The van der Waals surface area contributed by atoms with Crippen molar-refractivity contribution in [3.63, 3.8) is 0 Å². The lowest BCUT2D eigenvalue weighted by atomic mass is 9.98. The zero-order valence-corrected chi connectivity index (χ0v) is 10.9. The zero-order chi connectivity index (χ0) is 13.1. The lowest BCUT2D eigenvalue weighted by molar-refractivity contribution is 0.0690. The number of piperidine rings is 1. The summed E-state index contributed by atoms with van der Waals surface area (Å²) in [5.41, 5.74) is 0.00902. The molecule has 0 amide bonds. The summed E-state index contributed by atoms with van der Waals surface area (Å²) in [6.07, 6.45) is 5.26. The average molecular weight is 252 g/mol. The van der Waals surface area contributed by atoms with Crippen LogP contribution in [0.2, 0.25) is 0 Å². The van der Waals surface area contributed by atoms with E-state index in [1.807, 2.05) is 0 Å². The molecular weight excluding hydrogens is 232 g/mol. The summed E-state index contributed by atoms with van der Waals surface area (Å²) in [6, 6.07) is 1.19. The van der Waals surface area contributed by atoms with Crippen molar-refractivity contribution in [3.05, 3.63) is 11.9 Å². The number of carbonyl (C=O) groups is 1. The van der Waals surface area contributed by atoms with E-state index < -0.39 is 5.97 Å². The molecule has 1 aliphatic heterocycles. The van der Waals surface area contributed by atoms with Crippen LogP contribution in [0.3, 0.4) is 0 Å². The smallest absolute Gasteiger partial charge is 0.358 e. The van der Waals surface area contributed by atoms with Gasteiger partial charge in [0.25, 0.3) is 0 Å². The molecule has 0 spiro atoms. The van der Waals surface area contributed by atoms with E-state index in [0.29, 0.717) is 18.6 Å². The fourth-order valence-electron chi connectivity index (χ4n) is 2.64. The van der Waals surface area contributed by atoms with Gasteiger partial charge >= 0.3 is 5.97 Å². The number of hydrogen-bond donors (Lipinski definition) is 1. The normalized spacial score (nSPS) is 25.2. The first-order valence-electron chi connectivity index (χ1n) is 6.47. The van der Waals surface area contributed by atoms with E-state index in [2.05, 4.69) is 29.1 Å². The molecule has 6 heteroatoms. The molecule has 1 N–H and O–H groups in total. The maximum absolute atomic E-state index is 10.7. The van der Waals surface area contributed by atoms with Crippen molar-refractivity contribution in [2.45, 2.75) is 51.7 Å². The number of rotatable bonds is 4. The Kier molecular flexibility index (Phi) is 3.96. The topological polar surface area (TPSA) is 71.2 Å². The molecule has 100 valence electrons. The van der Waals surface area contributed by atoms with Gasteiger partial charge in [-0.2, -0.15) is 0 Å². The van der Waals surface area contributed by atoms with Crippen LogP contribution in [0.1, 0.15) is 43.6 Å². The minimum atomic E-state index is -1.03. The fourth-order valence-corrected chi connectivity index (χ4v) is 2.64. The monoisotopic (exact) mass is 252 g/mol. The number of likely N-dealkylation sites (tertiary alicyclic amines) is 1. The fraction of sp³-hybridized carbons (Fsp3) is 0.750. The molecule has 1 fully saturated rings. The molecule has 2 unspecified atom stereocenters. The van der Waals surface area contributed by atoms with Crippen LogP contribution in [0, 0.1) is 0 Å². The Hall–Kier alpha value is -1.43. The summed E-state index contributed by atoms with van der Waals surface area (Å²) in [6.45, 7) is 6.08. The SMILES string of the molecule is CC1CCCC(C)N1CCn1cc(C(=O)O)nn1. The van der Waals surface area contributed by atoms with Gasteiger partial charge in [-0.05, 0) is 26.7 Å². The lowest BCUT2D eigenvalue weighted by Gasteiger charge is -2.38. The maximum Gasteiger partial charge on any atom is 0.358 e. The molecule has 2 atom stereocenters. The highest BCUT2D eigenvalue weighted by molar-refractivity contribution is 5.84. The number of aromatic nitrogens is 3. The maximum atomic E-state index is 10.7. The molecule has 2 rings (SSSR count). The van der Waals surface area contributed by atoms with E-state index in [9.17, 15) is 4.79 Å². The van der Waals surface area contributed by atoms with Crippen LogP contribution in [-0.2, 0) is 6.54 Å². The van der Waals surface area contributed by atoms with Crippen LogP contribution in [0.5, 0.6) is 0 Å². The summed E-state index contributed by atoms with van der Waals surface area (Å²) in [5.74, 6) is -1.03. The molecule has 0 aromatic carbocycles. The Morgan fingerprint density at radius 1 is 1.39 bits per heavy atom. The van der Waals surface area contributed by atoms with E-state index in [1.54, 1.807) is 4.68 Å². The van der Waals surface area contributed by atoms with Crippen LogP contribution in [-0.4, -0.2) is 49.6 Å². The second-order valence-corrected chi connectivity index (χ2v) is 5.04. The van der Waals surface area contributed by atoms with Crippen molar-refractivity contribution in [1.29, 1.82) is 0 Å². The van der Waals surface area contributed by atoms with Crippen molar-refractivity contribution in [2.75, 3.05) is 6.54 Å². The number of aromatic carboxylic acids is 1. The molecule has 0 bridgehead atoms. The summed E-state index contributed by atoms with van der Waals surface area (Å²) in [7, 11) is 0. The van der Waals surface area contributed by atoms with Crippen molar-refractivity contribution in [1.82, 2.24) is 19.9 Å². The molecule has 18 heavy (non-hydrogen) atoms. The van der Waals surface area contributed by atoms with E-state index in [0.717, 1.165) is 6.54 Å². The van der Waals surface area contributed by atoms with E-state index in [-0.39, 0.29) is 5.69 Å². The highest BCUT2D eigenvalue weighted by Crippen LogP contribution is 2.21. The highest BCUT2D eigenvalue weighted by Gasteiger charge is 2.24. The molecule has 0 saturated carbocycles. The molecule has 1 aromatic rings. The number of nitrogens with zero attached hydrogens (tertiary/aromatic N) is 4. The predicted octanol–water partition coefficient (Wildman–Crippen LogP) is 1.24. The van der Waals surface area contributed by atoms with Crippen molar-refractivity contribution in [3.8, 4) is 0 Å². The lowest BCUT2D eigenvalue weighted by Crippen LogP contribution is -2.45. The molecule has 1 aliphatic rings. The standard InChI is InChI=1S/C12H20N4O2/c1-9-4-3-5-10(2)16(9)7-6-15-8-11(12(17)18)13-14-15/h8-10H,3-7H2,1-2H3,(H,17,18). The van der Waals surface area contributed by atoms with E-state index in [1.165, 1.54) is 25.5 Å². The van der Waals surface area contributed by atoms with Crippen molar-refractivity contribution < 1.29 is 9.90 Å². The van der Waals surface area contributed by atoms with Gasteiger partial charge in [0.2, 0.25) is 0 Å². The van der Waals surface area contributed by atoms with Crippen LogP contribution in [0.15, 0.2) is 6.20 Å². The van der Waals surface area contributed by atoms with Crippen molar-refractivity contribution in [2.24, 2.45) is 0 Å². The van der Waals surface area contributed by atoms with Gasteiger partial charge in [0.15, 0.2) is 5.69 Å². The van der Waals surface area contributed by atoms with Crippen molar-refractivity contribution >= 4 is 5.97 Å². The summed E-state index contributed by atoms with van der Waals surface area (Å²) in [4.78, 5) is 13.2. The highest BCUT2D eigenvalue weighted by atomic mass is 16.4. The third kappa shape index (κ3) is 2.87. The Balaban J connectivity index is 1.91. The van der Waals surface area contributed by atoms with Gasteiger partial charge in [-0.25, -0.2) is 4.79 Å². The molecule has 6 nitrogen and oxygen atoms in total. The Morgan fingerprint density at radius 3 is 2.61 bits per heavy atom. The molecule has 1 aromatic heterocycles. The Morgan fingerprint density at radius 2 is 2.06 bits per heavy atom. The molecular formula is C12H20N4O2. The second-order valence-electron chi connectivity index (χ2n) is 5.04. The first kappa shape index (κ1) is 13.0. The van der Waals surface area contributed by atoms with E-state index >= 15 is 0 Å². The van der Waals surface area contributed by atoms with Crippen LogP contribution in [0.25, 0.3) is 0 Å². The first-order valence-corrected chi connectivity index (χ1v) is 6.47. The van der Waals surface area contributed by atoms with Gasteiger partial charge in [-0.1, -0.05) is 11.6 Å².